The summed E-state index contributed by atoms with van der Waals surface area (Å²) in [5.41, 5.74) is 3.14. The number of rotatable bonds is 7. The summed E-state index contributed by atoms with van der Waals surface area (Å²) in [6.07, 6.45) is 0. The Morgan fingerprint density at radius 1 is 1.16 bits per heavy atom. The summed E-state index contributed by atoms with van der Waals surface area (Å²) in [5, 5.41) is 17.0. The molecule has 0 aliphatic rings. The van der Waals surface area contributed by atoms with Crippen LogP contribution in [0.15, 0.2) is 36.4 Å². The van der Waals surface area contributed by atoms with Crippen LogP contribution < -0.4 is 10.6 Å². The third kappa shape index (κ3) is 4.77. The number of carbonyl (C=O) groups is 1. The van der Waals surface area contributed by atoms with Crippen molar-refractivity contribution in [2.24, 2.45) is 0 Å². The van der Waals surface area contributed by atoms with Crippen molar-refractivity contribution in [1.82, 2.24) is 0 Å². The molecule has 0 bridgehead atoms. The lowest BCUT2D eigenvalue weighted by Gasteiger charge is -2.11. The molecule has 25 heavy (non-hydrogen) atoms. The Morgan fingerprint density at radius 3 is 2.52 bits per heavy atom. The van der Waals surface area contributed by atoms with Gasteiger partial charge in [0.1, 0.15) is 5.69 Å². The van der Waals surface area contributed by atoms with Crippen LogP contribution >= 0.6 is 0 Å². The highest BCUT2D eigenvalue weighted by molar-refractivity contribution is 6.05. The number of nitrogens with zero attached hydrogens (tertiary/aromatic N) is 1. The predicted octanol–water partition coefficient (Wildman–Crippen LogP) is 3.52. The highest BCUT2D eigenvalue weighted by Gasteiger charge is 2.18. The van der Waals surface area contributed by atoms with Crippen molar-refractivity contribution < 1.29 is 14.5 Å². The number of ether oxygens (including phenoxy) is 1. The van der Waals surface area contributed by atoms with Crippen molar-refractivity contribution in [1.29, 1.82) is 0 Å². The van der Waals surface area contributed by atoms with Gasteiger partial charge in [0, 0.05) is 31.0 Å². The highest BCUT2D eigenvalue weighted by Crippen LogP contribution is 2.26. The van der Waals surface area contributed by atoms with Crippen LogP contribution in [-0.2, 0) is 4.74 Å². The number of nitro benzene ring substituents is 1. The topological polar surface area (TPSA) is 93.5 Å². The lowest BCUT2D eigenvalue weighted by Crippen LogP contribution is -2.14. The number of amides is 1. The van der Waals surface area contributed by atoms with Crippen LogP contribution in [0.5, 0.6) is 0 Å². The van der Waals surface area contributed by atoms with Gasteiger partial charge in [-0.25, -0.2) is 0 Å². The van der Waals surface area contributed by atoms with E-state index < -0.39 is 10.8 Å². The van der Waals surface area contributed by atoms with Gasteiger partial charge in [-0.3, -0.25) is 14.9 Å². The van der Waals surface area contributed by atoms with Gasteiger partial charge < -0.3 is 15.4 Å². The summed E-state index contributed by atoms with van der Waals surface area (Å²) < 4.78 is 4.92. The number of benzene rings is 2. The van der Waals surface area contributed by atoms with Gasteiger partial charge in [-0.05, 0) is 37.6 Å². The molecule has 0 unspecified atom stereocenters. The summed E-state index contributed by atoms with van der Waals surface area (Å²) >= 11 is 0. The number of nitro groups is 1. The van der Waals surface area contributed by atoms with E-state index in [9.17, 15) is 14.9 Å². The monoisotopic (exact) mass is 343 g/mol. The van der Waals surface area contributed by atoms with E-state index in [-0.39, 0.29) is 11.3 Å². The van der Waals surface area contributed by atoms with Crippen molar-refractivity contribution in [2.75, 3.05) is 30.9 Å². The van der Waals surface area contributed by atoms with Gasteiger partial charge in [0.2, 0.25) is 0 Å². The number of hydrogen-bond acceptors (Lipinski definition) is 5. The maximum absolute atomic E-state index is 12.4. The smallest absolute Gasteiger partial charge is 0.293 e. The molecule has 2 aromatic carbocycles. The normalized spacial score (nSPS) is 10.4. The molecule has 0 atom stereocenters. The Kier molecular flexibility index (Phi) is 6.08. The molecule has 2 aromatic rings. The van der Waals surface area contributed by atoms with E-state index in [0.29, 0.717) is 24.5 Å². The Bertz CT molecular complexity index is 790. The maximum Gasteiger partial charge on any atom is 0.293 e. The zero-order valence-electron chi connectivity index (χ0n) is 14.5. The molecular weight excluding hydrogens is 322 g/mol. The van der Waals surface area contributed by atoms with Gasteiger partial charge in [-0.1, -0.05) is 17.7 Å². The van der Waals surface area contributed by atoms with E-state index in [2.05, 4.69) is 10.6 Å². The minimum atomic E-state index is -0.511. The third-order valence-corrected chi connectivity index (χ3v) is 3.71. The van der Waals surface area contributed by atoms with Crippen LogP contribution in [0.4, 0.5) is 17.1 Å². The van der Waals surface area contributed by atoms with Gasteiger partial charge in [-0.15, -0.1) is 0 Å². The molecule has 2 rings (SSSR count). The molecule has 0 saturated heterocycles. The summed E-state index contributed by atoms with van der Waals surface area (Å²) in [4.78, 5) is 23.2. The van der Waals surface area contributed by atoms with Crippen LogP contribution in [0.2, 0.25) is 0 Å². The van der Waals surface area contributed by atoms with E-state index in [1.165, 1.54) is 12.1 Å². The number of methoxy groups -OCH3 is 1. The van der Waals surface area contributed by atoms with Crippen LogP contribution in [-0.4, -0.2) is 31.1 Å². The molecule has 7 heteroatoms. The fraction of sp³-hybridized carbons (Fsp3) is 0.278. The number of hydrogen-bond donors (Lipinski definition) is 2. The number of carbonyl (C=O) groups excluding carboxylic acids is 1. The molecule has 0 saturated carbocycles. The first-order valence-electron chi connectivity index (χ1n) is 7.82. The maximum atomic E-state index is 12.4. The summed E-state index contributed by atoms with van der Waals surface area (Å²) in [7, 11) is 1.55. The average molecular weight is 343 g/mol. The molecule has 0 aliphatic heterocycles. The molecule has 0 aliphatic carbocycles. The second-order valence-electron chi connectivity index (χ2n) is 5.68. The average Bonchev–Trinajstić information content (AvgIpc) is 2.57. The zero-order valence-corrected chi connectivity index (χ0v) is 14.5. The van der Waals surface area contributed by atoms with Crippen molar-refractivity contribution >= 4 is 23.0 Å². The van der Waals surface area contributed by atoms with E-state index in [0.717, 1.165) is 11.1 Å². The molecule has 0 spiro atoms. The fourth-order valence-corrected chi connectivity index (χ4v) is 2.41. The lowest BCUT2D eigenvalue weighted by molar-refractivity contribution is -0.384. The molecule has 132 valence electrons. The molecule has 7 nitrogen and oxygen atoms in total. The van der Waals surface area contributed by atoms with Crippen LogP contribution in [0, 0.1) is 24.0 Å². The molecule has 0 heterocycles. The van der Waals surface area contributed by atoms with E-state index in [4.69, 9.17) is 4.74 Å². The highest BCUT2D eigenvalue weighted by atomic mass is 16.6. The van der Waals surface area contributed by atoms with Gasteiger partial charge in [0.25, 0.3) is 11.6 Å². The van der Waals surface area contributed by atoms with E-state index >= 15 is 0 Å². The number of anilines is 2. The second kappa shape index (κ2) is 8.25. The first-order chi connectivity index (χ1) is 11.9. The number of nitrogens with one attached hydrogen (secondary N) is 2. The molecular formula is C18H21N3O4. The SMILES string of the molecule is COCCNc1ccc(C(=O)Nc2ccc(C)cc2C)cc1[N+](=O)[O-]. The summed E-state index contributed by atoms with van der Waals surface area (Å²) in [6, 6.07) is 10.0. The molecule has 0 fully saturated rings. The van der Waals surface area contributed by atoms with Crippen LogP contribution in [0.3, 0.4) is 0 Å². The fourth-order valence-electron chi connectivity index (χ4n) is 2.41. The summed E-state index contributed by atoms with van der Waals surface area (Å²) in [6.45, 7) is 4.72. The standard InChI is InChI=1S/C18H21N3O4/c1-12-4-6-15(13(2)10-12)20-18(22)14-5-7-16(19-8-9-25-3)17(11-14)21(23)24/h4-7,10-11,19H,8-9H2,1-3H3,(H,20,22). The van der Waals surface area contributed by atoms with Crippen LogP contribution in [0.1, 0.15) is 21.5 Å². The van der Waals surface area contributed by atoms with Crippen LogP contribution in [0.25, 0.3) is 0 Å². The number of aryl methyl sites for hydroxylation is 2. The predicted molar refractivity (Wildman–Crippen MR) is 97.3 cm³/mol. The molecule has 1 amide bonds. The van der Waals surface area contributed by atoms with E-state index in [1.54, 1.807) is 13.2 Å². The Morgan fingerprint density at radius 2 is 1.88 bits per heavy atom. The molecule has 0 radical (unpaired) electrons. The van der Waals surface area contributed by atoms with Gasteiger partial charge in [0.15, 0.2) is 0 Å². The van der Waals surface area contributed by atoms with Gasteiger partial charge in [0.05, 0.1) is 11.5 Å². The zero-order chi connectivity index (χ0) is 18.4. The van der Waals surface area contributed by atoms with Crippen molar-refractivity contribution in [3.05, 3.63) is 63.2 Å². The largest absolute Gasteiger partial charge is 0.383 e. The summed E-state index contributed by atoms with van der Waals surface area (Å²) in [5.74, 6) is -0.390. The Balaban J connectivity index is 2.21. The van der Waals surface area contributed by atoms with Crippen molar-refractivity contribution in [2.45, 2.75) is 13.8 Å². The third-order valence-electron chi connectivity index (χ3n) is 3.71. The van der Waals surface area contributed by atoms with Crippen molar-refractivity contribution in [3.63, 3.8) is 0 Å². The first kappa shape index (κ1) is 18.4. The first-order valence-corrected chi connectivity index (χ1v) is 7.82. The Labute approximate surface area is 146 Å². The quantitative estimate of drug-likeness (QED) is 0.456. The minimum absolute atomic E-state index is 0.149. The molecule has 2 N–H and O–H groups in total. The molecule has 0 aromatic heterocycles. The van der Waals surface area contributed by atoms with Gasteiger partial charge in [-0.2, -0.15) is 0 Å². The van der Waals surface area contributed by atoms with E-state index in [1.807, 2.05) is 32.0 Å². The van der Waals surface area contributed by atoms with Gasteiger partial charge >= 0.3 is 0 Å². The Hall–Kier alpha value is -2.93. The minimum Gasteiger partial charge on any atom is -0.383 e. The lowest BCUT2D eigenvalue weighted by atomic mass is 10.1. The van der Waals surface area contributed by atoms with Crippen molar-refractivity contribution in [3.8, 4) is 0 Å². The second-order valence-corrected chi connectivity index (χ2v) is 5.68.